The van der Waals surface area contributed by atoms with E-state index in [1.807, 2.05) is 18.5 Å². The maximum atomic E-state index is 13.0. The minimum absolute atomic E-state index is 0.00537. The molecule has 1 spiro atoms. The summed E-state index contributed by atoms with van der Waals surface area (Å²) in [6.07, 6.45) is 3.27. The first-order valence-corrected chi connectivity index (χ1v) is 12.7. The molecule has 2 amide bonds. The fourth-order valence-electron chi connectivity index (χ4n) is 4.98. The highest BCUT2D eigenvalue weighted by atomic mass is 16.5. The molecule has 3 heterocycles. The average molecular weight is 497 g/mol. The van der Waals surface area contributed by atoms with Gasteiger partial charge in [-0.2, -0.15) is 5.10 Å². The molecule has 1 unspecified atom stereocenters. The summed E-state index contributed by atoms with van der Waals surface area (Å²) in [5.41, 5.74) is 3.39. The highest BCUT2D eigenvalue weighted by Gasteiger charge is 2.39. The first-order chi connectivity index (χ1) is 17.2. The van der Waals surface area contributed by atoms with E-state index in [1.54, 1.807) is 38.4 Å². The van der Waals surface area contributed by atoms with Crippen molar-refractivity contribution in [3.63, 3.8) is 0 Å². The highest BCUT2D eigenvalue weighted by molar-refractivity contribution is 5.97. The molecule has 1 aromatic heterocycles. The molecular weight excluding hydrogens is 460 g/mol. The number of ether oxygens (including phenoxy) is 2. The standard InChI is InChI=1S/C27H36N4O5/c1-5-21-23-22(14-27(17-28-24(23)32)10-12-35-13-11-27)31(29-21)15-18(2)16-36-26(34)20-8-6-19(7-9-20)25(33)30(3)4/h6-9,18H,5,10-17H2,1-4H3,(H,28,32). The Morgan fingerprint density at radius 2 is 1.86 bits per heavy atom. The van der Waals surface area contributed by atoms with Gasteiger partial charge < -0.3 is 19.7 Å². The van der Waals surface area contributed by atoms with E-state index in [2.05, 4.69) is 5.32 Å². The van der Waals surface area contributed by atoms with Crippen molar-refractivity contribution in [2.45, 2.75) is 46.1 Å². The van der Waals surface area contributed by atoms with Crippen LogP contribution in [0.4, 0.5) is 0 Å². The zero-order chi connectivity index (χ0) is 25.9. The Balaban J connectivity index is 1.44. The quantitative estimate of drug-likeness (QED) is 0.592. The normalized spacial score (nSPS) is 17.6. The molecule has 0 bridgehead atoms. The van der Waals surface area contributed by atoms with Gasteiger partial charge in [-0.05, 0) is 55.4 Å². The summed E-state index contributed by atoms with van der Waals surface area (Å²) in [6.45, 7) is 6.85. The SMILES string of the molecule is CCc1nn(CC(C)COC(=O)c2ccc(C(=O)N(C)C)cc2)c2c1C(=O)NCC1(CCOCC1)C2. The molecule has 36 heavy (non-hydrogen) atoms. The zero-order valence-electron chi connectivity index (χ0n) is 21.6. The third kappa shape index (κ3) is 5.46. The van der Waals surface area contributed by atoms with Crippen molar-refractivity contribution in [1.82, 2.24) is 20.0 Å². The van der Waals surface area contributed by atoms with Crippen LogP contribution in [0.25, 0.3) is 0 Å². The summed E-state index contributed by atoms with van der Waals surface area (Å²) >= 11 is 0. The van der Waals surface area contributed by atoms with Crippen molar-refractivity contribution in [3.8, 4) is 0 Å². The summed E-state index contributed by atoms with van der Waals surface area (Å²) in [6, 6.07) is 6.48. The van der Waals surface area contributed by atoms with Crippen molar-refractivity contribution in [2.75, 3.05) is 40.5 Å². The number of aromatic nitrogens is 2. The Morgan fingerprint density at radius 1 is 1.19 bits per heavy atom. The number of rotatable bonds is 7. The molecule has 1 N–H and O–H groups in total. The Morgan fingerprint density at radius 3 is 2.50 bits per heavy atom. The van der Waals surface area contributed by atoms with E-state index < -0.39 is 5.97 Å². The fourth-order valence-corrected chi connectivity index (χ4v) is 4.98. The van der Waals surface area contributed by atoms with Gasteiger partial charge in [0.2, 0.25) is 0 Å². The Labute approximate surface area is 212 Å². The van der Waals surface area contributed by atoms with Crippen molar-refractivity contribution < 1.29 is 23.9 Å². The number of carbonyl (C=O) groups excluding carboxylic acids is 3. The summed E-state index contributed by atoms with van der Waals surface area (Å²) < 4.78 is 13.1. The lowest BCUT2D eigenvalue weighted by Gasteiger charge is -2.36. The lowest BCUT2D eigenvalue weighted by molar-refractivity contribution is 0.0151. The van der Waals surface area contributed by atoms with Gasteiger partial charge in [-0.1, -0.05) is 13.8 Å². The van der Waals surface area contributed by atoms with Gasteiger partial charge >= 0.3 is 5.97 Å². The van der Waals surface area contributed by atoms with Crippen molar-refractivity contribution in [2.24, 2.45) is 11.3 Å². The van der Waals surface area contributed by atoms with Crippen LogP contribution in [-0.4, -0.2) is 72.9 Å². The van der Waals surface area contributed by atoms with Crippen molar-refractivity contribution in [1.29, 1.82) is 0 Å². The predicted octanol–water partition coefficient (Wildman–Crippen LogP) is 2.72. The summed E-state index contributed by atoms with van der Waals surface area (Å²) in [7, 11) is 3.37. The second-order valence-corrected chi connectivity index (χ2v) is 10.3. The topological polar surface area (TPSA) is 103 Å². The van der Waals surface area contributed by atoms with E-state index in [-0.39, 0.29) is 29.8 Å². The molecule has 194 valence electrons. The van der Waals surface area contributed by atoms with Crippen LogP contribution in [0.1, 0.15) is 69.2 Å². The fraction of sp³-hybridized carbons (Fsp3) is 0.556. The number of hydrogen-bond acceptors (Lipinski definition) is 6. The van der Waals surface area contributed by atoms with Gasteiger partial charge in [0.15, 0.2) is 0 Å². The van der Waals surface area contributed by atoms with Gasteiger partial charge in [-0.15, -0.1) is 0 Å². The number of carbonyl (C=O) groups is 3. The van der Waals surface area contributed by atoms with E-state index >= 15 is 0 Å². The second kappa shape index (κ2) is 10.8. The molecule has 2 aromatic rings. The monoisotopic (exact) mass is 496 g/mol. The third-order valence-electron chi connectivity index (χ3n) is 7.17. The summed E-state index contributed by atoms with van der Waals surface area (Å²) in [5, 5.41) is 7.93. The van der Waals surface area contributed by atoms with Crippen molar-refractivity contribution in [3.05, 3.63) is 52.3 Å². The first kappa shape index (κ1) is 25.9. The number of amides is 2. The molecule has 0 aliphatic carbocycles. The molecule has 2 aliphatic heterocycles. The second-order valence-electron chi connectivity index (χ2n) is 10.3. The molecule has 0 radical (unpaired) electrons. The lowest BCUT2D eigenvalue weighted by Crippen LogP contribution is -2.41. The van der Waals surface area contributed by atoms with Crippen LogP contribution < -0.4 is 5.32 Å². The zero-order valence-corrected chi connectivity index (χ0v) is 21.6. The smallest absolute Gasteiger partial charge is 0.338 e. The number of fused-ring (bicyclic) bond motifs is 1. The van der Waals surface area contributed by atoms with Crippen LogP contribution in [0.2, 0.25) is 0 Å². The summed E-state index contributed by atoms with van der Waals surface area (Å²) in [5.74, 6) is -0.606. The summed E-state index contributed by atoms with van der Waals surface area (Å²) in [4.78, 5) is 39.1. The molecule has 1 saturated heterocycles. The van der Waals surface area contributed by atoms with Gasteiger partial charge in [0, 0.05) is 51.9 Å². The van der Waals surface area contributed by atoms with E-state index in [1.165, 1.54) is 4.90 Å². The Bertz CT molecular complexity index is 1120. The molecule has 2 aliphatic rings. The highest BCUT2D eigenvalue weighted by Crippen LogP contribution is 2.37. The van der Waals surface area contributed by atoms with E-state index in [4.69, 9.17) is 14.6 Å². The van der Waals surface area contributed by atoms with E-state index in [0.717, 1.165) is 30.7 Å². The van der Waals surface area contributed by atoms with Gasteiger partial charge in [0.1, 0.15) is 0 Å². The number of nitrogens with one attached hydrogen (secondary N) is 1. The van der Waals surface area contributed by atoms with Crippen LogP contribution >= 0.6 is 0 Å². The minimum atomic E-state index is -0.431. The Hall–Kier alpha value is -3.20. The van der Waals surface area contributed by atoms with Gasteiger partial charge in [0.25, 0.3) is 11.8 Å². The molecule has 4 rings (SSSR count). The van der Waals surface area contributed by atoms with Gasteiger partial charge in [-0.25, -0.2) is 4.79 Å². The minimum Gasteiger partial charge on any atom is -0.462 e. The lowest BCUT2D eigenvalue weighted by atomic mass is 9.76. The van der Waals surface area contributed by atoms with Gasteiger partial charge in [-0.3, -0.25) is 14.3 Å². The van der Waals surface area contributed by atoms with Crippen LogP contribution in [0.3, 0.4) is 0 Å². The number of benzene rings is 1. The van der Waals surface area contributed by atoms with Crippen LogP contribution in [0, 0.1) is 11.3 Å². The number of nitrogens with zero attached hydrogens (tertiary/aromatic N) is 3. The molecule has 9 nitrogen and oxygen atoms in total. The largest absolute Gasteiger partial charge is 0.462 e. The average Bonchev–Trinajstić information content (AvgIpc) is 3.15. The molecule has 1 fully saturated rings. The third-order valence-corrected chi connectivity index (χ3v) is 7.17. The Kier molecular flexibility index (Phi) is 7.78. The number of hydrogen-bond donors (Lipinski definition) is 1. The molecule has 9 heteroatoms. The maximum Gasteiger partial charge on any atom is 0.338 e. The molecular formula is C27H36N4O5. The molecule has 1 aromatic carbocycles. The maximum absolute atomic E-state index is 13.0. The predicted molar refractivity (Wildman–Crippen MR) is 134 cm³/mol. The molecule has 0 saturated carbocycles. The van der Waals surface area contributed by atoms with E-state index in [0.29, 0.717) is 49.4 Å². The van der Waals surface area contributed by atoms with E-state index in [9.17, 15) is 14.4 Å². The molecule has 1 atom stereocenters. The number of aryl methyl sites for hydroxylation is 1. The van der Waals surface area contributed by atoms with Crippen LogP contribution in [0.15, 0.2) is 24.3 Å². The van der Waals surface area contributed by atoms with Crippen LogP contribution in [0.5, 0.6) is 0 Å². The van der Waals surface area contributed by atoms with Gasteiger partial charge in [0.05, 0.1) is 29.1 Å². The van der Waals surface area contributed by atoms with Crippen molar-refractivity contribution >= 4 is 17.8 Å². The first-order valence-electron chi connectivity index (χ1n) is 12.7. The van der Waals surface area contributed by atoms with Crippen LogP contribution in [-0.2, 0) is 28.9 Å². The number of esters is 1.